The fraction of sp³-hybridized carbons (Fsp3) is 0.684. The Morgan fingerprint density at radius 3 is 2.59 bits per heavy atom. The molecule has 0 unspecified atom stereocenters. The molecule has 3 aliphatic heterocycles. The maximum absolute atomic E-state index is 13.1. The fourth-order valence-electron chi connectivity index (χ4n) is 4.36. The number of anilines is 1. The van der Waals surface area contributed by atoms with Gasteiger partial charge in [-0.15, -0.1) is 0 Å². The summed E-state index contributed by atoms with van der Waals surface area (Å²) in [5.74, 6) is 0.632. The monoisotopic (exact) mass is 373 g/mol. The predicted octanol–water partition coefficient (Wildman–Crippen LogP) is 1.83. The van der Waals surface area contributed by atoms with Crippen molar-refractivity contribution in [3.8, 4) is 0 Å². The van der Waals surface area contributed by atoms with Crippen LogP contribution >= 0.6 is 0 Å². The van der Waals surface area contributed by atoms with E-state index in [0.717, 1.165) is 38.8 Å². The van der Waals surface area contributed by atoms with Crippen molar-refractivity contribution >= 4 is 17.9 Å². The van der Waals surface area contributed by atoms with Crippen LogP contribution < -0.4 is 4.90 Å². The highest BCUT2D eigenvalue weighted by Crippen LogP contribution is 2.32. The zero-order valence-electron chi connectivity index (χ0n) is 16.1. The molecule has 3 saturated heterocycles. The summed E-state index contributed by atoms with van der Waals surface area (Å²) in [6.45, 7) is 5.43. The standard InChI is InChI=1S/C19H27N5O3/c1-14-15(11-20-17(21-14)23-8-4-3-5-9-23)16(25)24-10-6-7-19(13-24)12-22(2)18(26)27-19/h11H,3-10,12-13H2,1-2H3/t19-/m0/s1. The summed E-state index contributed by atoms with van der Waals surface area (Å²) in [6, 6.07) is 0. The van der Waals surface area contributed by atoms with Crippen LogP contribution in [0.25, 0.3) is 0 Å². The van der Waals surface area contributed by atoms with Crippen LogP contribution in [0.4, 0.5) is 10.7 Å². The van der Waals surface area contributed by atoms with Crippen LogP contribution in [0.15, 0.2) is 6.20 Å². The van der Waals surface area contributed by atoms with E-state index in [2.05, 4.69) is 14.9 Å². The van der Waals surface area contributed by atoms with Gasteiger partial charge in [0, 0.05) is 32.9 Å². The minimum atomic E-state index is -0.581. The molecule has 8 nitrogen and oxygen atoms in total. The van der Waals surface area contributed by atoms with Crippen LogP contribution in [0, 0.1) is 6.92 Å². The molecule has 0 N–H and O–H groups in total. The quantitative estimate of drug-likeness (QED) is 0.787. The number of piperidine rings is 2. The normalized spacial score (nSPS) is 25.9. The van der Waals surface area contributed by atoms with E-state index in [4.69, 9.17) is 4.74 Å². The molecule has 0 radical (unpaired) electrons. The van der Waals surface area contributed by atoms with E-state index in [0.29, 0.717) is 36.8 Å². The van der Waals surface area contributed by atoms with Gasteiger partial charge < -0.3 is 19.4 Å². The van der Waals surface area contributed by atoms with Crippen LogP contribution in [0.3, 0.4) is 0 Å². The lowest BCUT2D eigenvalue weighted by Crippen LogP contribution is -2.52. The maximum Gasteiger partial charge on any atom is 0.410 e. The Kier molecular flexibility index (Phi) is 4.65. The number of carbonyl (C=O) groups is 2. The third-order valence-electron chi connectivity index (χ3n) is 5.80. The Labute approximate surface area is 159 Å². The van der Waals surface area contributed by atoms with Gasteiger partial charge in [-0.1, -0.05) is 0 Å². The lowest BCUT2D eigenvalue weighted by Gasteiger charge is -2.38. The average molecular weight is 373 g/mol. The predicted molar refractivity (Wildman–Crippen MR) is 99.8 cm³/mol. The molecule has 1 atom stereocenters. The smallest absolute Gasteiger partial charge is 0.410 e. The average Bonchev–Trinajstić information content (AvgIpc) is 2.94. The highest BCUT2D eigenvalue weighted by atomic mass is 16.6. The number of rotatable bonds is 2. The van der Waals surface area contributed by atoms with Crippen molar-refractivity contribution in [3.05, 3.63) is 17.5 Å². The van der Waals surface area contributed by atoms with Gasteiger partial charge in [-0.3, -0.25) is 4.79 Å². The largest absolute Gasteiger partial charge is 0.439 e. The van der Waals surface area contributed by atoms with Crippen LogP contribution in [0.5, 0.6) is 0 Å². The minimum absolute atomic E-state index is 0.0811. The first kappa shape index (κ1) is 18.0. The Balaban J connectivity index is 1.49. The van der Waals surface area contributed by atoms with Crippen LogP contribution in [-0.4, -0.2) is 77.1 Å². The molecule has 0 saturated carbocycles. The Morgan fingerprint density at radius 2 is 1.93 bits per heavy atom. The van der Waals surface area contributed by atoms with E-state index in [1.807, 2.05) is 6.92 Å². The summed E-state index contributed by atoms with van der Waals surface area (Å²) in [5.41, 5.74) is 0.656. The van der Waals surface area contributed by atoms with Crippen molar-refractivity contribution in [3.63, 3.8) is 0 Å². The zero-order valence-corrected chi connectivity index (χ0v) is 16.1. The zero-order chi connectivity index (χ0) is 19.0. The third-order valence-corrected chi connectivity index (χ3v) is 5.80. The van der Waals surface area contributed by atoms with E-state index in [9.17, 15) is 9.59 Å². The van der Waals surface area contributed by atoms with Gasteiger partial charge in [-0.2, -0.15) is 0 Å². The number of amides is 2. The van der Waals surface area contributed by atoms with Gasteiger partial charge in [0.1, 0.15) is 5.60 Å². The van der Waals surface area contributed by atoms with Crippen molar-refractivity contribution in [2.75, 3.05) is 44.7 Å². The van der Waals surface area contributed by atoms with Gasteiger partial charge in [0.25, 0.3) is 5.91 Å². The molecule has 146 valence electrons. The Morgan fingerprint density at radius 1 is 1.15 bits per heavy atom. The van der Waals surface area contributed by atoms with Crippen molar-refractivity contribution in [2.45, 2.75) is 44.6 Å². The van der Waals surface area contributed by atoms with E-state index in [-0.39, 0.29) is 12.0 Å². The molecule has 1 aromatic heterocycles. The number of hydrogen-bond donors (Lipinski definition) is 0. The number of nitrogens with zero attached hydrogens (tertiary/aromatic N) is 5. The molecule has 0 aliphatic carbocycles. The van der Waals surface area contributed by atoms with Gasteiger partial charge in [-0.25, -0.2) is 14.8 Å². The topological polar surface area (TPSA) is 78.9 Å². The maximum atomic E-state index is 13.1. The second-order valence-electron chi connectivity index (χ2n) is 7.95. The molecule has 2 amide bonds. The molecule has 8 heteroatoms. The first-order chi connectivity index (χ1) is 13.0. The molecule has 0 bridgehead atoms. The molecule has 4 rings (SSSR count). The molecule has 1 aromatic rings. The van der Waals surface area contributed by atoms with E-state index < -0.39 is 5.60 Å². The lowest BCUT2D eigenvalue weighted by atomic mass is 9.92. The van der Waals surface area contributed by atoms with Gasteiger partial charge >= 0.3 is 6.09 Å². The van der Waals surface area contributed by atoms with Gasteiger partial charge in [0.05, 0.1) is 24.3 Å². The number of aryl methyl sites for hydroxylation is 1. The highest BCUT2D eigenvalue weighted by molar-refractivity contribution is 5.95. The van der Waals surface area contributed by atoms with Crippen molar-refractivity contribution in [1.82, 2.24) is 19.8 Å². The van der Waals surface area contributed by atoms with Gasteiger partial charge in [-0.05, 0) is 39.0 Å². The van der Waals surface area contributed by atoms with Crippen molar-refractivity contribution < 1.29 is 14.3 Å². The number of likely N-dealkylation sites (N-methyl/N-ethyl adjacent to an activating group) is 1. The van der Waals surface area contributed by atoms with Crippen LogP contribution in [-0.2, 0) is 4.74 Å². The number of hydrogen-bond acceptors (Lipinski definition) is 6. The molecule has 0 aromatic carbocycles. The summed E-state index contributed by atoms with van der Waals surface area (Å²) >= 11 is 0. The fourth-order valence-corrected chi connectivity index (χ4v) is 4.36. The molecular weight excluding hydrogens is 346 g/mol. The summed E-state index contributed by atoms with van der Waals surface area (Å²) < 4.78 is 5.60. The summed E-state index contributed by atoms with van der Waals surface area (Å²) in [5, 5.41) is 0. The van der Waals surface area contributed by atoms with Crippen molar-refractivity contribution in [1.29, 1.82) is 0 Å². The molecule has 3 fully saturated rings. The van der Waals surface area contributed by atoms with Crippen molar-refractivity contribution in [2.24, 2.45) is 0 Å². The highest BCUT2D eigenvalue weighted by Gasteiger charge is 2.47. The van der Waals surface area contributed by atoms with Gasteiger partial charge in [0.15, 0.2) is 0 Å². The SMILES string of the molecule is Cc1nc(N2CCCCC2)ncc1C(=O)N1CCC[C@]2(CN(C)C(=O)O2)C1. The first-order valence-corrected chi connectivity index (χ1v) is 9.79. The minimum Gasteiger partial charge on any atom is -0.439 e. The lowest BCUT2D eigenvalue weighted by molar-refractivity contribution is -0.00527. The summed E-state index contributed by atoms with van der Waals surface area (Å²) in [6.07, 6.45) is 6.52. The molecule has 3 aliphatic rings. The van der Waals surface area contributed by atoms with E-state index >= 15 is 0 Å². The van der Waals surface area contributed by atoms with E-state index in [1.54, 1.807) is 23.0 Å². The molecule has 4 heterocycles. The summed E-state index contributed by atoms with van der Waals surface area (Å²) in [7, 11) is 1.73. The Hall–Kier alpha value is -2.38. The molecule has 1 spiro atoms. The summed E-state index contributed by atoms with van der Waals surface area (Å²) in [4.78, 5) is 39.5. The number of aromatic nitrogens is 2. The van der Waals surface area contributed by atoms with Gasteiger partial charge in [0.2, 0.25) is 5.95 Å². The molecular formula is C19H27N5O3. The Bertz CT molecular complexity index is 749. The number of ether oxygens (including phenoxy) is 1. The van der Waals surface area contributed by atoms with E-state index in [1.165, 1.54) is 6.42 Å². The third kappa shape index (κ3) is 3.44. The second-order valence-corrected chi connectivity index (χ2v) is 7.95. The number of likely N-dealkylation sites (tertiary alicyclic amines) is 1. The van der Waals surface area contributed by atoms with Crippen LogP contribution in [0.1, 0.15) is 48.2 Å². The second kappa shape index (κ2) is 6.98. The molecule has 27 heavy (non-hydrogen) atoms. The first-order valence-electron chi connectivity index (χ1n) is 9.79. The van der Waals surface area contributed by atoms with Crippen LogP contribution in [0.2, 0.25) is 0 Å². The number of carbonyl (C=O) groups excluding carboxylic acids is 2.